The Labute approximate surface area is 160 Å². The quantitative estimate of drug-likeness (QED) is 0.668. The van der Waals surface area contributed by atoms with Crippen molar-refractivity contribution < 1.29 is 18.7 Å². The van der Waals surface area contributed by atoms with Crippen molar-refractivity contribution in [2.75, 3.05) is 6.61 Å². The molecule has 0 saturated heterocycles. The van der Waals surface area contributed by atoms with Crippen LogP contribution in [0.25, 0.3) is 16.9 Å². The highest BCUT2D eigenvalue weighted by Crippen LogP contribution is 2.25. The number of carbonyl (C=O) groups is 2. The third-order valence-electron chi connectivity index (χ3n) is 4.35. The predicted octanol–water partition coefficient (Wildman–Crippen LogP) is 3.11. The van der Waals surface area contributed by atoms with Crippen LogP contribution in [0.5, 0.6) is 0 Å². The molecule has 1 aliphatic rings. The van der Waals surface area contributed by atoms with E-state index >= 15 is 0 Å². The Bertz CT molecular complexity index is 995. The highest BCUT2D eigenvalue weighted by atomic mass is 19.1. The minimum absolute atomic E-state index is 0.196. The number of halogens is 1. The molecule has 1 saturated carbocycles. The van der Waals surface area contributed by atoms with Crippen LogP contribution in [-0.4, -0.2) is 34.3 Å². The molecule has 6 nitrogen and oxygen atoms in total. The number of benzene rings is 2. The van der Waals surface area contributed by atoms with E-state index in [1.807, 2.05) is 30.3 Å². The van der Waals surface area contributed by atoms with Gasteiger partial charge in [0.15, 0.2) is 6.61 Å². The molecule has 0 radical (unpaired) electrons. The van der Waals surface area contributed by atoms with Gasteiger partial charge in [-0.05, 0) is 49.2 Å². The molecule has 3 aromatic rings. The number of hydrogen-bond donors (Lipinski definition) is 1. The van der Waals surface area contributed by atoms with Gasteiger partial charge >= 0.3 is 5.97 Å². The molecule has 7 heteroatoms. The maximum atomic E-state index is 13.3. The minimum atomic E-state index is -0.660. The number of para-hydroxylation sites is 1. The third kappa shape index (κ3) is 4.09. The van der Waals surface area contributed by atoms with Crippen molar-refractivity contribution in [3.8, 4) is 16.9 Å². The normalized spacial score (nSPS) is 13.2. The maximum Gasteiger partial charge on any atom is 0.342 e. The zero-order chi connectivity index (χ0) is 19.5. The second-order valence-electron chi connectivity index (χ2n) is 6.60. The number of esters is 1. The fourth-order valence-corrected chi connectivity index (χ4v) is 2.76. The van der Waals surface area contributed by atoms with Crippen molar-refractivity contribution in [3.63, 3.8) is 0 Å². The summed E-state index contributed by atoms with van der Waals surface area (Å²) < 4.78 is 20.0. The summed E-state index contributed by atoms with van der Waals surface area (Å²) in [6.45, 7) is -0.352. The molecule has 1 amide bonds. The zero-order valence-electron chi connectivity index (χ0n) is 15.0. The Morgan fingerprint density at radius 2 is 1.82 bits per heavy atom. The second-order valence-corrected chi connectivity index (χ2v) is 6.60. The third-order valence-corrected chi connectivity index (χ3v) is 4.35. The summed E-state index contributed by atoms with van der Waals surface area (Å²) in [6.07, 6.45) is 3.46. The fraction of sp³-hybridized carbons (Fsp3) is 0.190. The molecule has 2 aromatic carbocycles. The second kappa shape index (κ2) is 7.64. The lowest BCUT2D eigenvalue weighted by molar-refractivity contribution is -0.124. The first-order valence-corrected chi connectivity index (χ1v) is 8.97. The van der Waals surface area contributed by atoms with Gasteiger partial charge in [0, 0.05) is 17.8 Å². The first-order valence-electron chi connectivity index (χ1n) is 8.97. The van der Waals surface area contributed by atoms with Gasteiger partial charge in [-0.1, -0.05) is 18.2 Å². The average Bonchev–Trinajstić information content (AvgIpc) is 3.41. The molecule has 4 rings (SSSR count). The monoisotopic (exact) mass is 379 g/mol. The van der Waals surface area contributed by atoms with E-state index in [1.165, 1.54) is 12.1 Å². The van der Waals surface area contributed by atoms with E-state index in [9.17, 15) is 14.0 Å². The molecule has 28 heavy (non-hydrogen) atoms. The summed E-state index contributed by atoms with van der Waals surface area (Å²) in [5.41, 5.74) is 1.90. The van der Waals surface area contributed by atoms with Crippen molar-refractivity contribution in [3.05, 3.63) is 72.2 Å². The van der Waals surface area contributed by atoms with Gasteiger partial charge in [0.05, 0.1) is 5.69 Å². The summed E-state index contributed by atoms with van der Waals surface area (Å²) in [4.78, 5) is 24.4. The lowest BCUT2D eigenvalue weighted by Crippen LogP contribution is -2.30. The molecular formula is C21H18FN3O3. The molecule has 0 aliphatic heterocycles. The van der Waals surface area contributed by atoms with Gasteiger partial charge in [0.2, 0.25) is 0 Å². The summed E-state index contributed by atoms with van der Waals surface area (Å²) in [5, 5.41) is 7.25. The minimum Gasteiger partial charge on any atom is -0.452 e. The molecule has 0 bridgehead atoms. The molecular weight excluding hydrogens is 361 g/mol. The Morgan fingerprint density at radius 3 is 2.50 bits per heavy atom. The van der Waals surface area contributed by atoms with Gasteiger partial charge in [0.25, 0.3) is 5.91 Å². The van der Waals surface area contributed by atoms with E-state index in [1.54, 1.807) is 23.0 Å². The molecule has 1 fully saturated rings. The number of carbonyl (C=O) groups excluding carboxylic acids is 2. The predicted molar refractivity (Wildman–Crippen MR) is 100 cm³/mol. The lowest BCUT2D eigenvalue weighted by Gasteiger charge is -2.05. The standard InChI is InChI=1S/C21H18FN3O3/c22-15-8-6-14(7-9-15)20-18(12-25(24-20)17-4-2-1-3-5-17)21(27)28-13-19(26)23-16-10-11-16/h1-9,12,16H,10-11,13H2,(H,23,26). The van der Waals surface area contributed by atoms with E-state index in [-0.39, 0.29) is 29.9 Å². The van der Waals surface area contributed by atoms with E-state index in [0.29, 0.717) is 11.3 Å². The zero-order valence-corrected chi connectivity index (χ0v) is 15.0. The van der Waals surface area contributed by atoms with Gasteiger partial charge in [-0.15, -0.1) is 0 Å². The SMILES string of the molecule is O=C(COC(=O)c1cn(-c2ccccc2)nc1-c1ccc(F)cc1)NC1CC1. The van der Waals surface area contributed by atoms with Crippen LogP contribution in [0.15, 0.2) is 60.8 Å². The summed E-state index contributed by atoms with van der Waals surface area (Å²) in [6, 6.07) is 15.2. The number of nitrogens with zero attached hydrogens (tertiary/aromatic N) is 2. The number of hydrogen-bond acceptors (Lipinski definition) is 4. The Balaban J connectivity index is 1.61. The van der Waals surface area contributed by atoms with E-state index in [4.69, 9.17) is 4.74 Å². The smallest absolute Gasteiger partial charge is 0.342 e. The van der Waals surface area contributed by atoms with E-state index in [0.717, 1.165) is 18.5 Å². The topological polar surface area (TPSA) is 73.2 Å². The van der Waals surface area contributed by atoms with Crippen LogP contribution in [-0.2, 0) is 9.53 Å². The van der Waals surface area contributed by atoms with Crippen LogP contribution < -0.4 is 5.32 Å². The Hall–Kier alpha value is -3.48. The average molecular weight is 379 g/mol. The maximum absolute atomic E-state index is 13.3. The molecule has 142 valence electrons. The van der Waals surface area contributed by atoms with Gasteiger partial charge in [-0.25, -0.2) is 13.9 Å². The number of amides is 1. The number of aromatic nitrogens is 2. The van der Waals surface area contributed by atoms with E-state index in [2.05, 4.69) is 10.4 Å². The molecule has 1 aliphatic carbocycles. The first-order chi connectivity index (χ1) is 13.6. The van der Waals surface area contributed by atoms with Gasteiger partial charge in [-0.3, -0.25) is 4.79 Å². The molecule has 1 heterocycles. The molecule has 1 N–H and O–H groups in total. The molecule has 1 aromatic heterocycles. The highest BCUT2D eigenvalue weighted by molar-refractivity contribution is 5.97. The van der Waals surface area contributed by atoms with Gasteiger partial charge in [-0.2, -0.15) is 5.10 Å². The largest absolute Gasteiger partial charge is 0.452 e. The van der Waals surface area contributed by atoms with Crippen molar-refractivity contribution in [1.29, 1.82) is 0 Å². The molecule has 0 atom stereocenters. The van der Waals surface area contributed by atoms with Gasteiger partial charge in [0.1, 0.15) is 17.1 Å². The van der Waals surface area contributed by atoms with Crippen LogP contribution >= 0.6 is 0 Å². The van der Waals surface area contributed by atoms with Crippen LogP contribution in [0.4, 0.5) is 4.39 Å². The Kier molecular flexibility index (Phi) is 4.89. The van der Waals surface area contributed by atoms with Crippen molar-refractivity contribution in [2.45, 2.75) is 18.9 Å². The summed E-state index contributed by atoms with van der Waals surface area (Å²) >= 11 is 0. The van der Waals surface area contributed by atoms with Crippen molar-refractivity contribution >= 4 is 11.9 Å². The summed E-state index contributed by atoms with van der Waals surface area (Å²) in [5.74, 6) is -1.37. The van der Waals surface area contributed by atoms with Crippen LogP contribution in [0, 0.1) is 5.82 Å². The van der Waals surface area contributed by atoms with Crippen molar-refractivity contribution in [2.24, 2.45) is 0 Å². The Morgan fingerprint density at radius 1 is 1.11 bits per heavy atom. The molecule has 0 unspecified atom stereocenters. The van der Waals surface area contributed by atoms with E-state index < -0.39 is 5.97 Å². The van der Waals surface area contributed by atoms with Crippen LogP contribution in [0.1, 0.15) is 23.2 Å². The van der Waals surface area contributed by atoms with Crippen LogP contribution in [0.3, 0.4) is 0 Å². The number of rotatable bonds is 6. The number of ether oxygens (including phenoxy) is 1. The fourth-order valence-electron chi connectivity index (χ4n) is 2.76. The number of nitrogens with one attached hydrogen (secondary N) is 1. The molecule has 0 spiro atoms. The van der Waals surface area contributed by atoms with Gasteiger partial charge < -0.3 is 10.1 Å². The highest BCUT2D eigenvalue weighted by Gasteiger charge is 2.25. The lowest BCUT2D eigenvalue weighted by atomic mass is 10.1. The first kappa shape index (κ1) is 17.9. The van der Waals surface area contributed by atoms with Crippen molar-refractivity contribution in [1.82, 2.24) is 15.1 Å². The summed E-state index contributed by atoms with van der Waals surface area (Å²) in [7, 11) is 0. The van der Waals surface area contributed by atoms with Crippen LogP contribution in [0.2, 0.25) is 0 Å².